The molecule has 0 spiro atoms. The van der Waals surface area contributed by atoms with Gasteiger partial charge in [-0.1, -0.05) is 53.0 Å². The van der Waals surface area contributed by atoms with E-state index in [1.54, 1.807) is 12.3 Å². The first-order valence-electron chi connectivity index (χ1n) is 13.3. The number of carbonyl (C=O) groups excluding carboxylic acids is 2. The van der Waals surface area contributed by atoms with Gasteiger partial charge in [-0.2, -0.15) is 0 Å². The van der Waals surface area contributed by atoms with E-state index in [9.17, 15) is 24.8 Å². The average Bonchev–Trinajstić information content (AvgIpc) is 2.93. The lowest BCUT2D eigenvalue weighted by Gasteiger charge is -2.36. The number of piperidine rings is 1. The standard InChI is InChI=1S/C28H31BrN6O5/c29-17-9-21(28(38)34-14-18(30)11-19(36)15-34)26(25(10-17)35(39)40)32-23-7-3-4-8-24(23)33-27(37)22-13-31-12-16-5-1-2-6-20(16)22/h1-2,5-6,9-10,12-13,18-19,23-24,32,36H,3-4,7-8,11,14-15,30H2,(H,33,37)/t18-,19+,23-,24+/m1/s1. The minimum atomic E-state index is -0.771. The van der Waals surface area contributed by atoms with Crippen LogP contribution in [-0.2, 0) is 0 Å². The average molecular weight is 611 g/mol. The molecule has 5 N–H and O–H groups in total. The van der Waals surface area contributed by atoms with Crippen molar-refractivity contribution in [1.29, 1.82) is 0 Å². The van der Waals surface area contributed by atoms with E-state index in [0.717, 1.165) is 23.6 Å². The molecule has 0 bridgehead atoms. The van der Waals surface area contributed by atoms with Crippen molar-refractivity contribution in [3.05, 3.63) is 74.5 Å². The van der Waals surface area contributed by atoms with Gasteiger partial charge in [0.05, 0.1) is 22.2 Å². The van der Waals surface area contributed by atoms with Crippen molar-refractivity contribution in [2.45, 2.75) is 56.3 Å². The molecule has 210 valence electrons. The van der Waals surface area contributed by atoms with Crippen molar-refractivity contribution in [3.8, 4) is 0 Å². The van der Waals surface area contributed by atoms with E-state index in [2.05, 4.69) is 31.5 Å². The van der Waals surface area contributed by atoms with Gasteiger partial charge in [0.2, 0.25) is 0 Å². The number of halogens is 1. The normalized spacial score (nSPS) is 23.0. The fourth-order valence-electron chi connectivity index (χ4n) is 5.71. The highest BCUT2D eigenvalue weighted by Crippen LogP contribution is 2.36. The van der Waals surface area contributed by atoms with Crippen molar-refractivity contribution >= 4 is 49.9 Å². The number of carbonyl (C=O) groups is 2. The van der Waals surface area contributed by atoms with Gasteiger partial charge in [-0.25, -0.2) is 0 Å². The molecule has 40 heavy (non-hydrogen) atoms. The number of amides is 2. The van der Waals surface area contributed by atoms with Crippen LogP contribution in [0.1, 0.15) is 52.8 Å². The number of aliphatic hydroxyl groups is 1. The Morgan fingerprint density at radius 3 is 2.60 bits per heavy atom. The zero-order chi connectivity index (χ0) is 28.4. The molecule has 1 saturated heterocycles. The van der Waals surface area contributed by atoms with Crippen LogP contribution in [0.4, 0.5) is 11.4 Å². The first kappa shape index (κ1) is 27.9. The largest absolute Gasteiger partial charge is 0.391 e. The van der Waals surface area contributed by atoms with Crippen molar-refractivity contribution in [1.82, 2.24) is 15.2 Å². The van der Waals surface area contributed by atoms with Crippen LogP contribution < -0.4 is 16.4 Å². The van der Waals surface area contributed by atoms with Gasteiger partial charge in [0, 0.05) is 59.5 Å². The van der Waals surface area contributed by atoms with Crippen LogP contribution in [0.3, 0.4) is 0 Å². The molecule has 2 fully saturated rings. The predicted octanol–water partition coefficient (Wildman–Crippen LogP) is 3.59. The molecule has 2 heterocycles. The molecule has 2 aromatic carbocycles. The third kappa shape index (κ3) is 5.93. The highest BCUT2D eigenvalue weighted by molar-refractivity contribution is 9.10. The second-order valence-electron chi connectivity index (χ2n) is 10.5. The molecule has 0 unspecified atom stereocenters. The highest BCUT2D eigenvalue weighted by atomic mass is 79.9. The van der Waals surface area contributed by atoms with Crippen LogP contribution in [0.15, 0.2) is 53.3 Å². The number of hydrogen-bond acceptors (Lipinski definition) is 8. The van der Waals surface area contributed by atoms with Gasteiger partial charge in [-0.15, -0.1) is 0 Å². The Labute approximate surface area is 239 Å². The maximum Gasteiger partial charge on any atom is 0.294 e. The van der Waals surface area contributed by atoms with Crippen LogP contribution in [-0.4, -0.2) is 69.0 Å². The Bertz CT molecular complexity index is 1440. The lowest BCUT2D eigenvalue weighted by molar-refractivity contribution is -0.384. The summed E-state index contributed by atoms with van der Waals surface area (Å²) in [5.41, 5.74) is 6.43. The van der Waals surface area contributed by atoms with Gasteiger partial charge in [0.15, 0.2) is 0 Å². The number of hydrogen-bond donors (Lipinski definition) is 4. The van der Waals surface area contributed by atoms with Crippen molar-refractivity contribution in [2.24, 2.45) is 5.73 Å². The lowest BCUT2D eigenvalue weighted by atomic mass is 9.89. The van der Waals surface area contributed by atoms with E-state index >= 15 is 0 Å². The molecule has 1 saturated carbocycles. The number of benzene rings is 2. The summed E-state index contributed by atoms with van der Waals surface area (Å²) >= 11 is 3.31. The summed E-state index contributed by atoms with van der Waals surface area (Å²) in [5, 5.41) is 30.4. The number of aromatic nitrogens is 1. The smallest absolute Gasteiger partial charge is 0.294 e. The topological polar surface area (TPSA) is 164 Å². The number of nitrogens with zero attached hydrogens (tertiary/aromatic N) is 3. The monoisotopic (exact) mass is 610 g/mol. The summed E-state index contributed by atoms with van der Waals surface area (Å²) in [4.78, 5) is 44.3. The summed E-state index contributed by atoms with van der Waals surface area (Å²) in [5.74, 6) is -0.736. The first-order chi connectivity index (χ1) is 19.2. The second-order valence-corrected chi connectivity index (χ2v) is 11.4. The molecule has 3 aromatic rings. The number of nitrogens with two attached hydrogens (primary N) is 1. The molecule has 0 radical (unpaired) electrons. The molecular weight excluding hydrogens is 580 g/mol. The lowest BCUT2D eigenvalue weighted by Crippen LogP contribution is -2.51. The summed E-state index contributed by atoms with van der Waals surface area (Å²) < 4.78 is 0.381. The van der Waals surface area contributed by atoms with E-state index in [1.165, 1.54) is 17.2 Å². The first-order valence-corrected chi connectivity index (χ1v) is 14.1. The van der Waals surface area contributed by atoms with Crippen LogP contribution >= 0.6 is 15.9 Å². The van der Waals surface area contributed by atoms with Crippen LogP contribution in [0.25, 0.3) is 10.8 Å². The molecule has 5 rings (SSSR count). The van der Waals surface area contributed by atoms with Gasteiger partial charge in [-0.05, 0) is 30.7 Å². The Kier molecular flexibility index (Phi) is 8.29. The number of β-amino-alcohol motifs (C(OH)–C–C–N with tert-alkyl or cyclic N) is 1. The Hall–Kier alpha value is -3.61. The van der Waals surface area contributed by atoms with E-state index in [-0.39, 0.29) is 48.0 Å². The minimum absolute atomic E-state index is 0.0878. The minimum Gasteiger partial charge on any atom is -0.391 e. The van der Waals surface area contributed by atoms with Crippen LogP contribution in [0, 0.1) is 10.1 Å². The maximum atomic E-state index is 13.6. The third-order valence-corrected chi connectivity index (χ3v) is 8.04. The van der Waals surface area contributed by atoms with Crippen molar-refractivity contribution < 1.29 is 19.6 Å². The summed E-state index contributed by atoms with van der Waals surface area (Å²) in [6, 6.07) is 9.32. The summed E-state index contributed by atoms with van der Waals surface area (Å²) in [6.45, 7) is 0.324. The fourth-order valence-corrected chi connectivity index (χ4v) is 6.15. The number of rotatable bonds is 6. The Morgan fingerprint density at radius 2 is 1.85 bits per heavy atom. The fraction of sp³-hybridized carbons (Fsp3) is 0.393. The number of nitro benzene ring substituents is 1. The molecular formula is C28H31BrN6O5. The van der Waals surface area contributed by atoms with Crippen LogP contribution in [0.2, 0.25) is 0 Å². The number of pyridine rings is 1. The van der Waals surface area contributed by atoms with Crippen molar-refractivity contribution in [3.63, 3.8) is 0 Å². The number of anilines is 1. The SMILES string of the molecule is N[C@@H]1C[C@H](O)CN(C(=O)c2cc(Br)cc([N+](=O)[O-])c2N[C@@H]2CCCC[C@@H]2NC(=O)c2cncc3ccccc23)C1. The Balaban J connectivity index is 1.45. The van der Waals surface area contributed by atoms with Gasteiger partial charge in [-0.3, -0.25) is 24.7 Å². The molecule has 1 aliphatic heterocycles. The number of aliphatic hydroxyl groups excluding tert-OH is 1. The van der Waals surface area contributed by atoms with E-state index < -0.39 is 23.0 Å². The zero-order valence-corrected chi connectivity index (χ0v) is 23.3. The van der Waals surface area contributed by atoms with Gasteiger partial charge >= 0.3 is 0 Å². The van der Waals surface area contributed by atoms with Gasteiger partial charge in [0.1, 0.15) is 5.69 Å². The molecule has 11 nitrogen and oxygen atoms in total. The van der Waals surface area contributed by atoms with E-state index in [1.807, 2.05) is 24.3 Å². The molecule has 1 aromatic heterocycles. The molecule has 2 aliphatic rings. The van der Waals surface area contributed by atoms with Crippen molar-refractivity contribution in [2.75, 3.05) is 18.4 Å². The third-order valence-electron chi connectivity index (χ3n) is 7.58. The number of nitrogens with one attached hydrogen (secondary N) is 2. The molecule has 1 aliphatic carbocycles. The quantitative estimate of drug-likeness (QED) is 0.243. The molecule has 2 amide bonds. The predicted molar refractivity (Wildman–Crippen MR) is 154 cm³/mol. The highest BCUT2D eigenvalue weighted by Gasteiger charge is 2.34. The Morgan fingerprint density at radius 1 is 1.10 bits per heavy atom. The maximum absolute atomic E-state index is 13.6. The summed E-state index contributed by atoms with van der Waals surface area (Å²) in [7, 11) is 0. The van der Waals surface area contributed by atoms with Gasteiger partial charge in [0.25, 0.3) is 17.5 Å². The van der Waals surface area contributed by atoms with Gasteiger partial charge < -0.3 is 26.4 Å². The second kappa shape index (κ2) is 11.9. The van der Waals surface area contributed by atoms with E-state index in [0.29, 0.717) is 29.3 Å². The molecule has 4 atom stereocenters. The number of fused-ring (bicyclic) bond motifs is 1. The summed E-state index contributed by atoms with van der Waals surface area (Å²) in [6.07, 6.45) is 5.91. The number of nitro groups is 1. The van der Waals surface area contributed by atoms with E-state index in [4.69, 9.17) is 5.73 Å². The molecule has 12 heteroatoms. The zero-order valence-electron chi connectivity index (χ0n) is 21.8. The number of likely N-dealkylation sites (tertiary alicyclic amines) is 1. The van der Waals surface area contributed by atoms with Crippen LogP contribution in [0.5, 0.6) is 0 Å².